The van der Waals surface area contributed by atoms with Gasteiger partial charge in [0.05, 0.1) is 10.9 Å². The number of nitrogens with one attached hydrogen (secondary N) is 2. The highest BCUT2D eigenvalue weighted by molar-refractivity contribution is 5.97. The van der Waals surface area contributed by atoms with Crippen LogP contribution in [0.1, 0.15) is 48.3 Å². The summed E-state index contributed by atoms with van der Waals surface area (Å²) in [5.74, 6) is 0.761. The summed E-state index contributed by atoms with van der Waals surface area (Å²) in [6.45, 7) is 2.57. The van der Waals surface area contributed by atoms with E-state index in [1.54, 1.807) is 18.2 Å². The van der Waals surface area contributed by atoms with Crippen LogP contribution in [0.3, 0.4) is 0 Å². The molecule has 132 valence electrons. The zero-order chi connectivity index (χ0) is 17.2. The minimum absolute atomic E-state index is 0.0188. The Bertz CT molecular complexity index is 852. The average Bonchev–Trinajstić information content (AvgIpc) is 2.88. The van der Waals surface area contributed by atoms with Gasteiger partial charge in [-0.2, -0.15) is 0 Å². The number of carbonyl (C=O) groups excluding carboxylic acids is 1. The van der Waals surface area contributed by atoms with Gasteiger partial charge in [-0.25, -0.2) is 4.98 Å². The first kappa shape index (κ1) is 16.3. The van der Waals surface area contributed by atoms with E-state index < -0.39 is 0 Å². The molecule has 2 N–H and O–H groups in total. The summed E-state index contributed by atoms with van der Waals surface area (Å²) in [4.78, 5) is 30.0. The molecule has 0 radical (unpaired) electrons. The van der Waals surface area contributed by atoms with Gasteiger partial charge < -0.3 is 10.6 Å². The Hall–Kier alpha value is -2.21. The van der Waals surface area contributed by atoms with Gasteiger partial charge >= 0.3 is 0 Å². The highest BCUT2D eigenvalue weighted by Gasteiger charge is 2.18. The van der Waals surface area contributed by atoms with Crippen molar-refractivity contribution in [1.29, 1.82) is 0 Å². The molecule has 1 aromatic heterocycles. The van der Waals surface area contributed by atoms with Crippen molar-refractivity contribution in [2.24, 2.45) is 0 Å². The fraction of sp³-hybridized carbons (Fsp3) is 0.526. The number of nitrogens with zero attached hydrogens (tertiary/aromatic N) is 2. The van der Waals surface area contributed by atoms with Gasteiger partial charge in [0.2, 0.25) is 0 Å². The molecule has 4 rings (SSSR count). The predicted molar refractivity (Wildman–Crippen MR) is 96.9 cm³/mol. The first-order chi connectivity index (χ1) is 12.2. The number of fused-ring (bicyclic) bond motifs is 2. The third-order valence-corrected chi connectivity index (χ3v) is 5.21. The second-order valence-electron chi connectivity index (χ2n) is 7.04. The molecule has 6 heteroatoms. The number of hydrogen-bond acceptors (Lipinski definition) is 4. The smallest absolute Gasteiger partial charge is 0.261 e. The molecule has 25 heavy (non-hydrogen) atoms. The molecule has 0 saturated carbocycles. The predicted octanol–water partition coefficient (Wildman–Crippen LogP) is 1.60. The SMILES string of the molecule is O=C(N[C@H]1CCCNC1)c1ccc2c(=O)n3c(nc2c1)CCCCC3. The summed E-state index contributed by atoms with van der Waals surface area (Å²) in [6.07, 6.45) is 6.12. The third kappa shape index (κ3) is 3.31. The normalized spacial score (nSPS) is 20.7. The fourth-order valence-corrected chi connectivity index (χ4v) is 3.80. The summed E-state index contributed by atoms with van der Waals surface area (Å²) in [5.41, 5.74) is 1.22. The molecule has 0 spiro atoms. The molecule has 6 nitrogen and oxygen atoms in total. The van der Waals surface area contributed by atoms with E-state index in [9.17, 15) is 9.59 Å². The van der Waals surface area contributed by atoms with Crippen molar-refractivity contribution in [3.63, 3.8) is 0 Å². The highest BCUT2D eigenvalue weighted by Crippen LogP contribution is 2.16. The summed E-state index contributed by atoms with van der Waals surface area (Å²) in [5, 5.41) is 6.97. The first-order valence-corrected chi connectivity index (χ1v) is 9.27. The van der Waals surface area contributed by atoms with Crippen LogP contribution >= 0.6 is 0 Å². The summed E-state index contributed by atoms with van der Waals surface area (Å²) >= 11 is 0. The lowest BCUT2D eigenvalue weighted by Gasteiger charge is -2.23. The van der Waals surface area contributed by atoms with Crippen LogP contribution in [-0.4, -0.2) is 34.6 Å². The Morgan fingerprint density at radius 1 is 1.24 bits per heavy atom. The molecule has 2 aliphatic rings. The van der Waals surface area contributed by atoms with Gasteiger partial charge in [0, 0.05) is 31.1 Å². The molecule has 0 bridgehead atoms. The number of aryl methyl sites for hydroxylation is 1. The van der Waals surface area contributed by atoms with Crippen molar-refractivity contribution in [1.82, 2.24) is 20.2 Å². The summed E-state index contributed by atoms with van der Waals surface area (Å²) in [6, 6.07) is 5.41. The van der Waals surface area contributed by atoms with Crippen LogP contribution in [0, 0.1) is 0 Å². The lowest BCUT2D eigenvalue weighted by Crippen LogP contribution is -2.45. The number of piperidine rings is 1. The van der Waals surface area contributed by atoms with Crippen LogP contribution in [0.2, 0.25) is 0 Å². The van der Waals surface area contributed by atoms with Gasteiger partial charge in [-0.3, -0.25) is 14.2 Å². The van der Waals surface area contributed by atoms with Crippen LogP contribution in [0.4, 0.5) is 0 Å². The minimum Gasteiger partial charge on any atom is -0.348 e. The van der Waals surface area contributed by atoms with E-state index in [-0.39, 0.29) is 17.5 Å². The largest absolute Gasteiger partial charge is 0.348 e. The number of aromatic nitrogens is 2. The maximum Gasteiger partial charge on any atom is 0.261 e. The van der Waals surface area contributed by atoms with Crippen LogP contribution in [0.15, 0.2) is 23.0 Å². The van der Waals surface area contributed by atoms with Crippen LogP contribution < -0.4 is 16.2 Å². The Balaban J connectivity index is 1.65. The molecule has 1 amide bonds. The first-order valence-electron chi connectivity index (χ1n) is 9.27. The van der Waals surface area contributed by atoms with Crippen LogP contribution in [-0.2, 0) is 13.0 Å². The Morgan fingerprint density at radius 3 is 3.00 bits per heavy atom. The molecule has 0 unspecified atom stereocenters. The highest BCUT2D eigenvalue weighted by atomic mass is 16.1. The molecule has 3 heterocycles. The standard InChI is InChI=1S/C19H24N4O2/c24-18(21-14-5-4-9-20-12-14)13-7-8-15-16(11-13)22-17-6-2-1-3-10-23(17)19(15)25/h7-8,11,14,20H,1-6,9-10,12H2,(H,21,24)/t14-/m0/s1. The fourth-order valence-electron chi connectivity index (χ4n) is 3.80. The monoisotopic (exact) mass is 340 g/mol. The number of rotatable bonds is 2. The topological polar surface area (TPSA) is 76.0 Å². The Kier molecular flexibility index (Phi) is 4.53. The molecule has 2 aromatic rings. The van der Waals surface area contributed by atoms with Crippen molar-refractivity contribution >= 4 is 16.8 Å². The van der Waals surface area contributed by atoms with E-state index in [0.29, 0.717) is 16.5 Å². The van der Waals surface area contributed by atoms with E-state index in [1.807, 2.05) is 4.57 Å². The Labute approximate surface area is 146 Å². The van der Waals surface area contributed by atoms with E-state index in [1.165, 1.54) is 0 Å². The Morgan fingerprint density at radius 2 is 2.16 bits per heavy atom. The number of carbonyl (C=O) groups is 1. The van der Waals surface area contributed by atoms with Crippen molar-refractivity contribution < 1.29 is 4.79 Å². The van der Waals surface area contributed by atoms with Crippen molar-refractivity contribution in [3.05, 3.63) is 39.9 Å². The summed E-state index contributed by atoms with van der Waals surface area (Å²) < 4.78 is 1.81. The van der Waals surface area contributed by atoms with Gasteiger partial charge in [0.15, 0.2) is 0 Å². The van der Waals surface area contributed by atoms with Gasteiger partial charge in [0.1, 0.15) is 5.82 Å². The zero-order valence-corrected chi connectivity index (χ0v) is 14.4. The van der Waals surface area contributed by atoms with E-state index in [4.69, 9.17) is 4.98 Å². The lowest BCUT2D eigenvalue weighted by molar-refractivity contribution is 0.0931. The molecular weight excluding hydrogens is 316 g/mol. The molecule has 1 aromatic carbocycles. The number of hydrogen-bond donors (Lipinski definition) is 2. The van der Waals surface area contributed by atoms with Gasteiger partial charge in [0.25, 0.3) is 11.5 Å². The second-order valence-corrected chi connectivity index (χ2v) is 7.04. The maximum atomic E-state index is 12.7. The van der Waals surface area contributed by atoms with Gasteiger partial charge in [-0.15, -0.1) is 0 Å². The average molecular weight is 340 g/mol. The van der Waals surface area contributed by atoms with Crippen molar-refractivity contribution in [2.45, 2.75) is 51.1 Å². The maximum absolute atomic E-state index is 12.7. The molecular formula is C19H24N4O2. The zero-order valence-electron chi connectivity index (χ0n) is 14.4. The molecule has 1 atom stereocenters. The summed E-state index contributed by atoms with van der Waals surface area (Å²) in [7, 11) is 0. The van der Waals surface area contributed by atoms with Crippen molar-refractivity contribution in [2.75, 3.05) is 13.1 Å². The number of amides is 1. The van der Waals surface area contributed by atoms with Crippen LogP contribution in [0.5, 0.6) is 0 Å². The molecule has 1 saturated heterocycles. The van der Waals surface area contributed by atoms with Crippen molar-refractivity contribution in [3.8, 4) is 0 Å². The second kappa shape index (κ2) is 6.96. The van der Waals surface area contributed by atoms with E-state index in [2.05, 4.69) is 10.6 Å². The lowest BCUT2D eigenvalue weighted by atomic mass is 10.1. The third-order valence-electron chi connectivity index (χ3n) is 5.21. The molecule has 1 fully saturated rings. The minimum atomic E-state index is -0.0903. The van der Waals surface area contributed by atoms with E-state index >= 15 is 0 Å². The number of benzene rings is 1. The van der Waals surface area contributed by atoms with Gasteiger partial charge in [-0.05, 0) is 50.4 Å². The molecule has 0 aliphatic carbocycles. The van der Waals surface area contributed by atoms with Gasteiger partial charge in [-0.1, -0.05) is 6.42 Å². The quantitative estimate of drug-likeness (QED) is 0.871. The molecule has 2 aliphatic heterocycles. The van der Waals surface area contributed by atoms with E-state index in [0.717, 1.165) is 64.0 Å². The van der Waals surface area contributed by atoms with Crippen LogP contribution in [0.25, 0.3) is 10.9 Å².